The number of piperidine rings is 1. The van der Waals surface area contributed by atoms with E-state index in [0.29, 0.717) is 31.5 Å². The van der Waals surface area contributed by atoms with Crippen molar-refractivity contribution in [2.45, 2.75) is 33.1 Å². The van der Waals surface area contributed by atoms with Crippen LogP contribution in [0.3, 0.4) is 0 Å². The Labute approximate surface area is 130 Å². The third kappa shape index (κ3) is 3.53. The molecule has 1 atom stereocenters. The fraction of sp³-hybridized carbons (Fsp3) is 0.471. The molecule has 118 valence electrons. The Balaban J connectivity index is 2.20. The molecule has 2 heterocycles. The number of hydrogen-bond acceptors (Lipinski definition) is 3. The largest absolute Gasteiger partial charge is 0.481 e. The molecule has 22 heavy (non-hydrogen) atoms. The van der Waals surface area contributed by atoms with E-state index in [1.54, 1.807) is 29.3 Å². The Morgan fingerprint density at radius 2 is 2.18 bits per heavy atom. The number of pyridine rings is 1. The third-order valence-corrected chi connectivity index (χ3v) is 4.10. The normalized spacial score (nSPS) is 21.3. The van der Waals surface area contributed by atoms with Gasteiger partial charge in [-0.05, 0) is 45.2 Å². The Morgan fingerprint density at radius 1 is 1.41 bits per heavy atom. The number of carboxylic acids is 1. The lowest BCUT2D eigenvalue weighted by Gasteiger charge is -2.39. The predicted molar refractivity (Wildman–Crippen MR) is 83.5 cm³/mol. The van der Waals surface area contributed by atoms with Crippen molar-refractivity contribution in [2.75, 3.05) is 13.1 Å². The fourth-order valence-electron chi connectivity index (χ4n) is 2.78. The van der Waals surface area contributed by atoms with Gasteiger partial charge in [-0.15, -0.1) is 0 Å². The van der Waals surface area contributed by atoms with Gasteiger partial charge >= 0.3 is 5.97 Å². The van der Waals surface area contributed by atoms with Crippen molar-refractivity contribution in [1.29, 1.82) is 0 Å². The first-order valence-corrected chi connectivity index (χ1v) is 7.52. The lowest BCUT2D eigenvalue weighted by atomic mass is 9.76. The zero-order valence-electron chi connectivity index (χ0n) is 13.1. The van der Waals surface area contributed by atoms with Crippen molar-refractivity contribution in [3.05, 3.63) is 41.7 Å². The summed E-state index contributed by atoms with van der Waals surface area (Å²) in [6.45, 7) is 4.73. The molecule has 0 bridgehead atoms. The quantitative estimate of drug-likeness (QED) is 0.868. The van der Waals surface area contributed by atoms with Crippen LogP contribution in [0.1, 0.15) is 43.6 Å². The highest BCUT2D eigenvalue weighted by Gasteiger charge is 2.43. The number of carbonyl (C=O) groups is 2. The molecule has 1 aliphatic heterocycles. The number of nitrogens with zero attached hydrogens (tertiary/aromatic N) is 2. The van der Waals surface area contributed by atoms with Crippen molar-refractivity contribution in [2.24, 2.45) is 5.41 Å². The highest BCUT2D eigenvalue weighted by molar-refractivity contribution is 5.92. The molecule has 0 spiro atoms. The zero-order chi connectivity index (χ0) is 16.2. The highest BCUT2D eigenvalue weighted by atomic mass is 16.4. The topological polar surface area (TPSA) is 70.5 Å². The number of allylic oxidation sites excluding steroid dienone is 2. The molecule has 5 nitrogen and oxygen atoms in total. The SMILES string of the molecule is CC(C)=CC[C@]1(C(=O)O)CCCN(C(=O)c2ccccn2)C1. The van der Waals surface area contributed by atoms with Gasteiger partial charge in [-0.2, -0.15) is 0 Å². The molecule has 0 saturated carbocycles. The van der Waals surface area contributed by atoms with E-state index in [1.165, 1.54) is 0 Å². The number of rotatable bonds is 4. The minimum atomic E-state index is -0.889. The number of aromatic nitrogens is 1. The second-order valence-electron chi connectivity index (χ2n) is 6.12. The van der Waals surface area contributed by atoms with Crippen LogP contribution in [0.4, 0.5) is 0 Å². The van der Waals surface area contributed by atoms with E-state index in [0.717, 1.165) is 5.57 Å². The molecule has 0 aliphatic carbocycles. The summed E-state index contributed by atoms with van der Waals surface area (Å²) in [7, 11) is 0. The molecule has 2 rings (SSSR count). The highest BCUT2D eigenvalue weighted by Crippen LogP contribution is 2.35. The van der Waals surface area contributed by atoms with Gasteiger partial charge in [0.25, 0.3) is 5.91 Å². The molecule has 1 fully saturated rings. The monoisotopic (exact) mass is 302 g/mol. The van der Waals surface area contributed by atoms with Crippen LogP contribution in [0.5, 0.6) is 0 Å². The summed E-state index contributed by atoms with van der Waals surface area (Å²) < 4.78 is 0. The van der Waals surface area contributed by atoms with E-state index in [4.69, 9.17) is 0 Å². The molecular formula is C17H22N2O3. The van der Waals surface area contributed by atoms with Crippen molar-refractivity contribution < 1.29 is 14.7 Å². The number of aliphatic carboxylic acids is 1. The lowest BCUT2D eigenvalue weighted by molar-refractivity contribution is -0.151. The number of amides is 1. The molecule has 1 amide bonds. The Kier molecular flexibility index (Phi) is 4.96. The van der Waals surface area contributed by atoms with Gasteiger partial charge in [-0.3, -0.25) is 14.6 Å². The lowest BCUT2D eigenvalue weighted by Crippen LogP contribution is -2.50. The Bertz CT molecular complexity index is 579. The number of carbonyl (C=O) groups excluding carboxylic acids is 1. The molecule has 0 radical (unpaired) electrons. The average molecular weight is 302 g/mol. The summed E-state index contributed by atoms with van der Waals surface area (Å²) >= 11 is 0. The minimum absolute atomic E-state index is 0.192. The third-order valence-electron chi connectivity index (χ3n) is 4.10. The van der Waals surface area contributed by atoms with Gasteiger partial charge in [0, 0.05) is 19.3 Å². The second kappa shape index (κ2) is 6.73. The van der Waals surface area contributed by atoms with Gasteiger partial charge in [-0.25, -0.2) is 0 Å². The van der Waals surface area contributed by atoms with Crippen LogP contribution >= 0.6 is 0 Å². The maximum Gasteiger partial charge on any atom is 0.311 e. The molecule has 0 aromatic carbocycles. The van der Waals surface area contributed by atoms with Crippen LogP contribution in [0, 0.1) is 5.41 Å². The maximum atomic E-state index is 12.5. The molecule has 5 heteroatoms. The van der Waals surface area contributed by atoms with Crippen molar-refractivity contribution in [3.8, 4) is 0 Å². The van der Waals surface area contributed by atoms with E-state index in [2.05, 4.69) is 4.98 Å². The average Bonchev–Trinajstić information content (AvgIpc) is 2.53. The fourth-order valence-corrected chi connectivity index (χ4v) is 2.78. The van der Waals surface area contributed by atoms with Gasteiger partial charge in [0.05, 0.1) is 5.41 Å². The Hall–Kier alpha value is -2.17. The number of carboxylic acid groups (broad SMARTS) is 1. The molecule has 0 unspecified atom stereocenters. The second-order valence-corrected chi connectivity index (χ2v) is 6.12. The smallest absolute Gasteiger partial charge is 0.311 e. The summed E-state index contributed by atoms with van der Waals surface area (Å²) in [4.78, 5) is 30.0. The van der Waals surface area contributed by atoms with Crippen molar-refractivity contribution in [1.82, 2.24) is 9.88 Å². The van der Waals surface area contributed by atoms with Gasteiger partial charge in [-0.1, -0.05) is 17.7 Å². The molecule has 1 saturated heterocycles. The van der Waals surface area contributed by atoms with Crippen LogP contribution in [0.2, 0.25) is 0 Å². The first-order valence-electron chi connectivity index (χ1n) is 7.52. The predicted octanol–water partition coefficient (Wildman–Crippen LogP) is 2.74. The van der Waals surface area contributed by atoms with Crippen LogP contribution in [-0.2, 0) is 4.79 Å². The Morgan fingerprint density at radius 3 is 2.77 bits per heavy atom. The van der Waals surface area contributed by atoms with Crippen LogP contribution in [0.25, 0.3) is 0 Å². The van der Waals surface area contributed by atoms with E-state index < -0.39 is 11.4 Å². The van der Waals surface area contributed by atoms with Crippen molar-refractivity contribution in [3.63, 3.8) is 0 Å². The van der Waals surface area contributed by atoms with E-state index >= 15 is 0 Å². The standard InChI is InChI=1S/C17H22N2O3/c1-13(2)7-9-17(16(21)22)8-5-11-19(12-17)15(20)14-6-3-4-10-18-14/h3-4,6-7,10H,5,8-9,11-12H2,1-2H3,(H,21,22)/t17-/m1/s1. The van der Waals surface area contributed by atoms with Crippen LogP contribution in [-0.4, -0.2) is 40.0 Å². The van der Waals surface area contributed by atoms with Gasteiger partial charge < -0.3 is 10.0 Å². The van der Waals surface area contributed by atoms with E-state index in [9.17, 15) is 14.7 Å². The summed E-state index contributed by atoms with van der Waals surface area (Å²) in [5.41, 5.74) is 0.569. The zero-order valence-corrected chi connectivity index (χ0v) is 13.1. The summed E-state index contributed by atoms with van der Waals surface area (Å²) in [6.07, 6.45) is 5.27. The number of likely N-dealkylation sites (tertiary alicyclic amines) is 1. The summed E-state index contributed by atoms with van der Waals surface area (Å²) in [6, 6.07) is 5.18. The van der Waals surface area contributed by atoms with E-state index in [1.807, 2.05) is 19.9 Å². The van der Waals surface area contributed by atoms with E-state index in [-0.39, 0.29) is 12.5 Å². The summed E-state index contributed by atoms with van der Waals surface area (Å²) in [5.74, 6) is -1.02. The number of hydrogen-bond donors (Lipinski definition) is 1. The van der Waals surface area contributed by atoms with Crippen molar-refractivity contribution >= 4 is 11.9 Å². The molecule has 1 aromatic heterocycles. The summed E-state index contributed by atoms with van der Waals surface area (Å²) in [5, 5.41) is 9.69. The molecule has 1 aliphatic rings. The first-order chi connectivity index (χ1) is 10.4. The van der Waals surface area contributed by atoms with Gasteiger partial charge in [0.1, 0.15) is 5.69 Å². The molecular weight excluding hydrogens is 280 g/mol. The molecule has 1 aromatic rings. The van der Waals surface area contributed by atoms with Gasteiger partial charge in [0.2, 0.25) is 0 Å². The van der Waals surface area contributed by atoms with Crippen LogP contribution < -0.4 is 0 Å². The maximum absolute atomic E-state index is 12.5. The van der Waals surface area contributed by atoms with Crippen LogP contribution in [0.15, 0.2) is 36.0 Å². The van der Waals surface area contributed by atoms with Gasteiger partial charge in [0.15, 0.2) is 0 Å². The first kappa shape index (κ1) is 16.2. The minimum Gasteiger partial charge on any atom is -0.481 e. The molecule has 1 N–H and O–H groups in total.